The molecule has 1 rings (SSSR count). The molecule has 0 saturated heterocycles. The van der Waals surface area contributed by atoms with Gasteiger partial charge in [0.25, 0.3) is 0 Å². The van der Waals surface area contributed by atoms with Crippen LogP contribution >= 0.6 is 0 Å². The molecule has 18 heavy (non-hydrogen) atoms. The van der Waals surface area contributed by atoms with E-state index in [1.54, 1.807) is 7.11 Å². The molecule has 0 spiro atoms. The second-order valence-corrected chi connectivity index (χ2v) is 5.46. The minimum absolute atomic E-state index is 0.0562. The Labute approximate surface area is 111 Å². The summed E-state index contributed by atoms with van der Waals surface area (Å²) in [7, 11) is 1.80. The average Bonchev–Trinajstić information content (AvgIpc) is 2.39. The van der Waals surface area contributed by atoms with Crippen LogP contribution < -0.4 is 11.1 Å². The van der Waals surface area contributed by atoms with Crippen LogP contribution in [0.3, 0.4) is 0 Å². The second kappa shape index (κ2) is 7.74. The standard InChI is InChI=1S/C14H28N2O2/c1-4-11(16-14(17)9-15)8-12-10(2)6-5-7-13(12)18-3/h10-13H,4-9,15H2,1-3H3,(H,16,17). The molecule has 0 aromatic carbocycles. The molecule has 0 bridgehead atoms. The van der Waals surface area contributed by atoms with Crippen LogP contribution in [-0.2, 0) is 9.53 Å². The Morgan fingerprint density at radius 3 is 2.78 bits per heavy atom. The molecule has 0 aromatic heterocycles. The topological polar surface area (TPSA) is 64.3 Å². The Hall–Kier alpha value is -0.610. The van der Waals surface area contributed by atoms with Gasteiger partial charge in [-0.1, -0.05) is 26.7 Å². The van der Waals surface area contributed by atoms with Gasteiger partial charge in [0.2, 0.25) is 5.91 Å². The maximum atomic E-state index is 11.4. The lowest BCUT2D eigenvalue weighted by Crippen LogP contribution is -2.43. The Morgan fingerprint density at radius 1 is 1.50 bits per heavy atom. The highest BCUT2D eigenvalue weighted by atomic mass is 16.5. The minimum Gasteiger partial charge on any atom is -0.381 e. The minimum atomic E-state index is -0.0562. The number of methoxy groups -OCH3 is 1. The molecule has 106 valence electrons. The third kappa shape index (κ3) is 4.25. The number of amides is 1. The molecule has 1 aliphatic carbocycles. The van der Waals surface area contributed by atoms with Gasteiger partial charge >= 0.3 is 0 Å². The largest absolute Gasteiger partial charge is 0.381 e. The van der Waals surface area contributed by atoms with Gasteiger partial charge in [0.15, 0.2) is 0 Å². The van der Waals surface area contributed by atoms with E-state index in [0.717, 1.165) is 19.3 Å². The molecule has 4 nitrogen and oxygen atoms in total. The Bertz CT molecular complexity index is 258. The number of nitrogens with two attached hydrogens (primary N) is 1. The fourth-order valence-corrected chi connectivity index (χ4v) is 3.06. The van der Waals surface area contributed by atoms with Gasteiger partial charge in [0, 0.05) is 13.2 Å². The van der Waals surface area contributed by atoms with Crippen LogP contribution in [0.5, 0.6) is 0 Å². The maximum absolute atomic E-state index is 11.4. The van der Waals surface area contributed by atoms with E-state index in [4.69, 9.17) is 10.5 Å². The molecule has 0 radical (unpaired) electrons. The number of hydrogen-bond acceptors (Lipinski definition) is 3. The lowest BCUT2D eigenvalue weighted by atomic mass is 9.75. The fraction of sp³-hybridized carbons (Fsp3) is 0.929. The summed E-state index contributed by atoms with van der Waals surface area (Å²) >= 11 is 0. The van der Waals surface area contributed by atoms with E-state index in [-0.39, 0.29) is 18.5 Å². The molecule has 3 N–H and O–H groups in total. The first kappa shape index (κ1) is 15.4. The first-order chi connectivity index (χ1) is 8.62. The van der Waals surface area contributed by atoms with Gasteiger partial charge in [0.1, 0.15) is 0 Å². The predicted molar refractivity (Wildman–Crippen MR) is 73.2 cm³/mol. The van der Waals surface area contributed by atoms with Gasteiger partial charge in [-0.15, -0.1) is 0 Å². The first-order valence-corrected chi connectivity index (χ1v) is 7.14. The van der Waals surface area contributed by atoms with Crippen molar-refractivity contribution < 1.29 is 9.53 Å². The van der Waals surface area contributed by atoms with Crippen molar-refractivity contribution in [2.75, 3.05) is 13.7 Å². The SMILES string of the molecule is CCC(CC1C(C)CCCC1OC)NC(=O)CN. The summed E-state index contributed by atoms with van der Waals surface area (Å²) in [6.45, 7) is 4.48. The predicted octanol–water partition coefficient (Wildman–Crippen LogP) is 1.68. The molecule has 4 unspecified atom stereocenters. The van der Waals surface area contributed by atoms with Crippen LogP contribution in [0.15, 0.2) is 0 Å². The molecular weight excluding hydrogens is 228 g/mol. The Kier molecular flexibility index (Phi) is 6.65. The highest BCUT2D eigenvalue weighted by molar-refractivity contribution is 5.78. The van der Waals surface area contributed by atoms with E-state index in [0.29, 0.717) is 17.9 Å². The smallest absolute Gasteiger partial charge is 0.233 e. The quantitative estimate of drug-likeness (QED) is 0.760. The van der Waals surface area contributed by atoms with Crippen molar-refractivity contribution in [3.8, 4) is 0 Å². The van der Waals surface area contributed by atoms with E-state index in [1.165, 1.54) is 12.8 Å². The molecule has 0 aromatic rings. The van der Waals surface area contributed by atoms with Crippen molar-refractivity contribution in [2.24, 2.45) is 17.6 Å². The van der Waals surface area contributed by atoms with Crippen molar-refractivity contribution in [2.45, 2.75) is 58.1 Å². The summed E-state index contributed by atoms with van der Waals surface area (Å²) in [5.74, 6) is 1.17. The summed E-state index contributed by atoms with van der Waals surface area (Å²) in [5.41, 5.74) is 5.35. The fourth-order valence-electron chi connectivity index (χ4n) is 3.06. The van der Waals surface area contributed by atoms with E-state index >= 15 is 0 Å². The molecule has 0 heterocycles. The van der Waals surface area contributed by atoms with Gasteiger partial charge in [-0.2, -0.15) is 0 Å². The van der Waals surface area contributed by atoms with Gasteiger partial charge in [-0.25, -0.2) is 0 Å². The maximum Gasteiger partial charge on any atom is 0.233 e. The van der Waals surface area contributed by atoms with Crippen LogP contribution in [0.4, 0.5) is 0 Å². The molecule has 1 aliphatic rings. The van der Waals surface area contributed by atoms with Gasteiger partial charge < -0.3 is 15.8 Å². The lowest BCUT2D eigenvalue weighted by molar-refractivity contribution is -0.120. The molecule has 4 atom stereocenters. The average molecular weight is 256 g/mol. The molecular formula is C14H28N2O2. The van der Waals surface area contributed by atoms with Crippen LogP contribution in [-0.4, -0.2) is 31.7 Å². The Morgan fingerprint density at radius 2 is 2.22 bits per heavy atom. The van der Waals surface area contributed by atoms with Crippen LogP contribution in [0.2, 0.25) is 0 Å². The van der Waals surface area contributed by atoms with Crippen molar-refractivity contribution in [3.05, 3.63) is 0 Å². The molecule has 1 fully saturated rings. The number of carbonyl (C=O) groups is 1. The normalized spacial score (nSPS) is 29.9. The number of rotatable bonds is 6. The monoisotopic (exact) mass is 256 g/mol. The molecule has 4 heteroatoms. The van der Waals surface area contributed by atoms with E-state index in [2.05, 4.69) is 19.2 Å². The molecule has 0 aliphatic heterocycles. The van der Waals surface area contributed by atoms with Crippen LogP contribution in [0.1, 0.15) is 46.0 Å². The highest BCUT2D eigenvalue weighted by Gasteiger charge is 2.32. The second-order valence-electron chi connectivity index (χ2n) is 5.46. The zero-order valence-corrected chi connectivity index (χ0v) is 11.9. The van der Waals surface area contributed by atoms with Gasteiger partial charge in [0.05, 0.1) is 12.6 Å². The van der Waals surface area contributed by atoms with E-state index in [1.807, 2.05) is 0 Å². The number of carbonyl (C=O) groups excluding carboxylic acids is 1. The summed E-state index contributed by atoms with van der Waals surface area (Å²) in [6.07, 6.45) is 5.96. The van der Waals surface area contributed by atoms with Crippen LogP contribution in [0.25, 0.3) is 0 Å². The summed E-state index contributed by atoms with van der Waals surface area (Å²) < 4.78 is 5.61. The number of hydrogen-bond donors (Lipinski definition) is 2. The van der Waals surface area contributed by atoms with Crippen molar-refractivity contribution in [3.63, 3.8) is 0 Å². The highest BCUT2D eigenvalue weighted by Crippen LogP contribution is 2.35. The third-order valence-corrected chi connectivity index (χ3v) is 4.26. The van der Waals surface area contributed by atoms with Gasteiger partial charge in [-0.3, -0.25) is 4.79 Å². The van der Waals surface area contributed by atoms with Gasteiger partial charge in [-0.05, 0) is 31.1 Å². The van der Waals surface area contributed by atoms with Crippen molar-refractivity contribution >= 4 is 5.91 Å². The number of nitrogens with one attached hydrogen (secondary N) is 1. The molecule has 1 amide bonds. The van der Waals surface area contributed by atoms with Crippen molar-refractivity contribution in [1.82, 2.24) is 5.32 Å². The summed E-state index contributed by atoms with van der Waals surface area (Å²) in [5, 5.41) is 3.01. The summed E-state index contributed by atoms with van der Waals surface area (Å²) in [4.78, 5) is 11.4. The van der Waals surface area contributed by atoms with Crippen molar-refractivity contribution in [1.29, 1.82) is 0 Å². The van der Waals surface area contributed by atoms with E-state index in [9.17, 15) is 4.79 Å². The van der Waals surface area contributed by atoms with E-state index < -0.39 is 0 Å². The van der Waals surface area contributed by atoms with Crippen LogP contribution in [0, 0.1) is 11.8 Å². The number of ether oxygens (including phenoxy) is 1. The molecule has 1 saturated carbocycles. The first-order valence-electron chi connectivity index (χ1n) is 7.14. The lowest BCUT2D eigenvalue weighted by Gasteiger charge is -2.37. The summed E-state index contributed by atoms with van der Waals surface area (Å²) in [6, 6.07) is 0.226. The Balaban J connectivity index is 2.57. The third-order valence-electron chi connectivity index (χ3n) is 4.26. The zero-order chi connectivity index (χ0) is 13.5. The zero-order valence-electron chi connectivity index (χ0n) is 11.9.